The summed E-state index contributed by atoms with van der Waals surface area (Å²) in [7, 11) is 0. The minimum absolute atomic E-state index is 0.535. The lowest BCUT2D eigenvalue weighted by molar-refractivity contribution is 0.567. The summed E-state index contributed by atoms with van der Waals surface area (Å²) in [6.45, 7) is 0. The summed E-state index contributed by atoms with van der Waals surface area (Å²) in [4.78, 5) is 0. The number of fused-ring (bicyclic) bond motifs is 3. The normalized spacial score (nSPS) is 19.9. The monoisotopic (exact) mass is 514 g/mol. The highest BCUT2D eigenvalue weighted by Crippen LogP contribution is 2.59. The van der Waals surface area contributed by atoms with Crippen molar-refractivity contribution in [3.05, 3.63) is 116 Å². The van der Waals surface area contributed by atoms with Gasteiger partial charge in [-0.05, 0) is 75.6 Å². The molecule has 2 atom stereocenters. The van der Waals surface area contributed by atoms with Crippen molar-refractivity contribution >= 4 is 53.8 Å². The molecular weight excluding hydrogens is 496 g/mol. The van der Waals surface area contributed by atoms with Crippen molar-refractivity contribution in [1.82, 2.24) is 0 Å². The lowest BCUT2D eigenvalue weighted by Gasteiger charge is -2.32. The van der Waals surface area contributed by atoms with Gasteiger partial charge in [-0.15, -0.1) is 0 Å². The second-order valence-corrected chi connectivity index (χ2v) is 10.0. The van der Waals surface area contributed by atoms with Crippen LogP contribution in [0, 0.1) is 0 Å². The van der Waals surface area contributed by atoms with Crippen molar-refractivity contribution in [2.24, 2.45) is 0 Å². The zero-order valence-corrected chi connectivity index (χ0v) is 19.6. The van der Waals surface area contributed by atoms with Crippen molar-refractivity contribution in [3.8, 4) is 0 Å². The molecule has 146 valence electrons. The van der Waals surface area contributed by atoms with Crippen LogP contribution in [0.1, 0.15) is 46.9 Å². The molecule has 0 heterocycles. The summed E-state index contributed by atoms with van der Waals surface area (Å²) < 4.78 is 2.35. The van der Waals surface area contributed by atoms with Gasteiger partial charge < -0.3 is 0 Å². The highest BCUT2D eigenvalue weighted by Gasteiger charge is 2.39. The van der Waals surface area contributed by atoms with Crippen molar-refractivity contribution in [2.45, 2.75) is 24.7 Å². The van der Waals surface area contributed by atoms with Crippen LogP contribution in [0.4, 0.5) is 0 Å². The number of rotatable bonds is 2. The Morgan fingerprint density at radius 2 is 0.933 bits per heavy atom. The van der Waals surface area contributed by atoms with E-state index in [2.05, 4.69) is 117 Å². The van der Waals surface area contributed by atoms with Crippen LogP contribution < -0.4 is 0 Å². The van der Waals surface area contributed by atoms with E-state index in [0.29, 0.717) is 11.8 Å². The quantitative estimate of drug-likeness (QED) is 0.250. The minimum atomic E-state index is 0.535. The molecule has 0 saturated carbocycles. The van der Waals surface area contributed by atoms with Gasteiger partial charge in [-0.3, -0.25) is 0 Å². The first kappa shape index (κ1) is 18.6. The fraction of sp³-hybridized carbons (Fsp3) is 0.143. The molecule has 2 aliphatic rings. The molecule has 0 nitrogen and oxygen atoms in total. The SMILES string of the molecule is Brc1ccc2c3c(ccc(Br)c13)C1CC(c3ccccc3)=C(c3ccccc3)CC21. The molecule has 2 aliphatic carbocycles. The lowest BCUT2D eigenvalue weighted by atomic mass is 9.71. The summed E-state index contributed by atoms with van der Waals surface area (Å²) >= 11 is 7.60. The van der Waals surface area contributed by atoms with Gasteiger partial charge in [-0.2, -0.15) is 0 Å². The zero-order chi connectivity index (χ0) is 20.2. The molecule has 0 amide bonds. The predicted octanol–water partition coefficient (Wildman–Crippen LogP) is 8.95. The molecule has 0 N–H and O–H groups in total. The average molecular weight is 516 g/mol. The number of allylic oxidation sites excluding steroid dienone is 2. The minimum Gasteiger partial charge on any atom is -0.0622 e. The van der Waals surface area contributed by atoms with E-state index in [0.717, 1.165) is 12.8 Å². The Morgan fingerprint density at radius 1 is 0.500 bits per heavy atom. The molecular formula is C28H20Br2. The van der Waals surface area contributed by atoms with Crippen molar-refractivity contribution in [3.63, 3.8) is 0 Å². The van der Waals surface area contributed by atoms with Crippen LogP contribution in [0.15, 0.2) is 93.9 Å². The third-order valence-corrected chi connectivity index (χ3v) is 8.19. The van der Waals surface area contributed by atoms with Gasteiger partial charge in [-0.25, -0.2) is 0 Å². The van der Waals surface area contributed by atoms with Crippen LogP contribution >= 0.6 is 31.9 Å². The number of benzene rings is 4. The molecule has 6 rings (SSSR count). The van der Waals surface area contributed by atoms with Gasteiger partial charge in [0.15, 0.2) is 0 Å². The van der Waals surface area contributed by atoms with Gasteiger partial charge in [0.05, 0.1) is 0 Å². The Kier molecular flexibility index (Phi) is 4.47. The Bertz CT molecular complexity index is 1200. The Balaban J connectivity index is 1.58. The van der Waals surface area contributed by atoms with Gasteiger partial charge in [0.25, 0.3) is 0 Å². The largest absolute Gasteiger partial charge is 0.0622 e. The summed E-state index contributed by atoms with van der Waals surface area (Å²) in [6, 6.07) is 31.1. The maximum Gasteiger partial charge on any atom is 0.0265 e. The van der Waals surface area contributed by atoms with Crippen molar-refractivity contribution < 1.29 is 0 Å². The summed E-state index contributed by atoms with van der Waals surface area (Å²) in [5, 5.41) is 2.78. The third-order valence-electron chi connectivity index (χ3n) is 6.86. The van der Waals surface area contributed by atoms with Crippen LogP contribution in [0.5, 0.6) is 0 Å². The first-order valence-electron chi connectivity index (χ1n) is 10.5. The summed E-state index contributed by atoms with van der Waals surface area (Å²) in [6.07, 6.45) is 2.17. The standard InChI is InChI=1S/C28H20Br2/c29-25-13-11-19-23-15-21(17-7-3-1-4-8-17)22(18-9-5-2-6-10-18)16-24(23)20-12-14-26(30)28(25)27(19)20/h1-14,23-24H,15-16H2. The summed E-state index contributed by atoms with van der Waals surface area (Å²) in [5.74, 6) is 1.07. The van der Waals surface area contributed by atoms with Crippen LogP contribution in [0.3, 0.4) is 0 Å². The molecule has 0 bridgehead atoms. The Morgan fingerprint density at radius 3 is 1.37 bits per heavy atom. The molecule has 2 unspecified atom stereocenters. The molecule has 0 aromatic heterocycles. The molecule has 2 heteroatoms. The fourth-order valence-corrected chi connectivity index (χ4v) is 6.93. The van der Waals surface area contributed by atoms with Gasteiger partial charge in [-0.1, -0.05) is 105 Å². The number of hydrogen-bond donors (Lipinski definition) is 0. The van der Waals surface area contributed by atoms with E-state index in [4.69, 9.17) is 0 Å². The molecule has 0 spiro atoms. The first-order chi connectivity index (χ1) is 14.7. The molecule has 4 aromatic carbocycles. The molecule has 0 aliphatic heterocycles. The Labute approximate surface area is 193 Å². The van der Waals surface area contributed by atoms with E-state index in [1.54, 1.807) is 0 Å². The van der Waals surface area contributed by atoms with Gasteiger partial charge in [0.1, 0.15) is 0 Å². The van der Waals surface area contributed by atoms with E-state index in [1.165, 1.54) is 53.1 Å². The third kappa shape index (κ3) is 2.77. The van der Waals surface area contributed by atoms with E-state index in [1.807, 2.05) is 0 Å². The molecule has 0 radical (unpaired) electrons. The maximum atomic E-state index is 3.80. The second kappa shape index (κ2) is 7.21. The second-order valence-electron chi connectivity index (χ2n) is 8.33. The van der Waals surface area contributed by atoms with Gasteiger partial charge in [0.2, 0.25) is 0 Å². The zero-order valence-electron chi connectivity index (χ0n) is 16.4. The van der Waals surface area contributed by atoms with Crippen LogP contribution in [-0.2, 0) is 0 Å². The number of halogens is 2. The Hall–Kier alpha value is -2.16. The predicted molar refractivity (Wildman–Crippen MR) is 134 cm³/mol. The van der Waals surface area contributed by atoms with Crippen LogP contribution in [0.25, 0.3) is 21.9 Å². The van der Waals surface area contributed by atoms with Crippen molar-refractivity contribution in [2.75, 3.05) is 0 Å². The molecule has 30 heavy (non-hydrogen) atoms. The van der Waals surface area contributed by atoms with E-state index in [9.17, 15) is 0 Å². The van der Waals surface area contributed by atoms with E-state index >= 15 is 0 Å². The topological polar surface area (TPSA) is 0 Å². The lowest BCUT2D eigenvalue weighted by Crippen LogP contribution is -2.14. The van der Waals surface area contributed by atoms with Crippen LogP contribution in [-0.4, -0.2) is 0 Å². The van der Waals surface area contributed by atoms with Crippen molar-refractivity contribution in [1.29, 1.82) is 0 Å². The van der Waals surface area contributed by atoms with Gasteiger partial charge in [0, 0.05) is 14.3 Å². The summed E-state index contributed by atoms with van der Waals surface area (Å²) in [5.41, 5.74) is 8.75. The van der Waals surface area contributed by atoms with Gasteiger partial charge >= 0.3 is 0 Å². The highest BCUT2D eigenvalue weighted by molar-refractivity contribution is 9.11. The fourth-order valence-electron chi connectivity index (χ4n) is 5.57. The van der Waals surface area contributed by atoms with Crippen LogP contribution in [0.2, 0.25) is 0 Å². The number of hydrogen-bond acceptors (Lipinski definition) is 0. The highest BCUT2D eigenvalue weighted by atomic mass is 79.9. The first-order valence-corrected chi connectivity index (χ1v) is 12.0. The van der Waals surface area contributed by atoms with E-state index in [-0.39, 0.29) is 0 Å². The van der Waals surface area contributed by atoms with E-state index < -0.39 is 0 Å². The molecule has 0 saturated heterocycles. The molecule has 0 fully saturated rings. The average Bonchev–Trinajstić information content (AvgIpc) is 3.11. The maximum absolute atomic E-state index is 3.80. The molecule has 4 aromatic rings. The smallest absolute Gasteiger partial charge is 0.0265 e.